The molecule has 94 valence electrons. The first-order valence-electron chi connectivity index (χ1n) is 6.33. The number of aromatic amines is 1. The van der Waals surface area contributed by atoms with Crippen LogP contribution in [0.25, 0.3) is 0 Å². The number of benzene rings is 1. The predicted molar refractivity (Wildman–Crippen MR) is 70.7 cm³/mol. The molecule has 0 amide bonds. The molecule has 0 bridgehead atoms. The zero-order valence-corrected chi connectivity index (χ0v) is 10.3. The average Bonchev–Trinajstić information content (AvgIpc) is 2.89. The number of nitrogens with one attached hydrogen (secondary N) is 2. The minimum atomic E-state index is 0.805. The zero-order chi connectivity index (χ0) is 12.2. The molecule has 1 aliphatic rings. The van der Waals surface area contributed by atoms with Crippen molar-refractivity contribution in [2.24, 2.45) is 0 Å². The van der Waals surface area contributed by atoms with Crippen molar-refractivity contribution in [3.05, 3.63) is 41.7 Å². The third kappa shape index (κ3) is 2.51. The second-order valence-corrected chi connectivity index (χ2v) is 4.48. The molecule has 1 fully saturated rings. The van der Waals surface area contributed by atoms with E-state index in [4.69, 9.17) is 0 Å². The highest BCUT2D eigenvalue weighted by Gasteiger charge is 2.14. The number of hydrogen-bond acceptors (Lipinski definition) is 4. The van der Waals surface area contributed by atoms with Crippen LogP contribution in [0.2, 0.25) is 0 Å². The van der Waals surface area contributed by atoms with E-state index in [1.807, 2.05) is 18.2 Å². The monoisotopic (exact) mass is 243 g/mol. The summed E-state index contributed by atoms with van der Waals surface area (Å²) in [4.78, 5) is 6.77. The van der Waals surface area contributed by atoms with Crippen LogP contribution in [0.4, 0.5) is 5.95 Å². The summed E-state index contributed by atoms with van der Waals surface area (Å²) in [5.41, 5.74) is 1.25. The Kier molecular flexibility index (Phi) is 3.23. The lowest BCUT2D eigenvalue weighted by Crippen LogP contribution is -2.44. The Bertz CT molecular complexity index is 487. The van der Waals surface area contributed by atoms with Crippen molar-refractivity contribution < 1.29 is 0 Å². The van der Waals surface area contributed by atoms with Crippen LogP contribution in [0.5, 0.6) is 0 Å². The van der Waals surface area contributed by atoms with E-state index < -0.39 is 0 Å². The van der Waals surface area contributed by atoms with Crippen LogP contribution in [-0.4, -0.2) is 41.4 Å². The van der Waals surface area contributed by atoms with E-state index in [0.717, 1.165) is 44.4 Å². The fourth-order valence-electron chi connectivity index (χ4n) is 2.16. The van der Waals surface area contributed by atoms with Crippen LogP contribution in [-0.2, 0) is 6.42 Å². The maximum atomic E-state index is 4.56. The predicted octanol–water partition coefficient (Wildman–Crippen LogP) is 0.805. The molecule has 0 spiro atoms. The lowest BCUT2D eigenvalue weighted by Gasteiger charge is -2.25. The average molecular weight is 243 g/mol. The highest BCUT2D eigenvalue weighted by atomic mass is 15.4. The zero-order valence-electron chi connectivity index (χ0n) is 10.3. The summed E-state index contributed by atoms with van der Waals surface area (Å²) < 4.78 is 0. The lowest BCUT2D eigenvalue weighted by molar-refractivity contribution is 0.580. The number of aromatic nitrogens is 3. The Morgan fingerprint density at radius 1 is 1.11 bits per heavy atom. The summed E-state index contributed by atoms with van der Waals surface area (Å²) in [6, 6.07) is 10.3. The number of anilines is 1. The Hall–Kier alpha value is -1.88. The van der Waals surface area contributed by atoms with Gasteiger partial charge >= 0.3 is 0 Å². The third-order valence-corrected chi connectivity index (χ3v) is 3.13. The molecule has 1 saturated heterocycles. The van der Waals surface area contributed by atoms with Crippen molar-refractivity contribution in [3.63, 3.8) is 0 Å². The van der Waals surface area contributed by atoms with Crippen LogP contribution in [0.3, 0.4) is 0 Å². The van der Waals surface area contributed by atoms with E-state index in [1.165, 1.54) is 5.56 Å². The number of nitrogens with zero attached hydrogens (tertiary/aromatic N) is 3. The molecule has 3 rings (SSSR count). The number of hydrogen-bond donors (Lipinski definition) is 2. The fraction of sp³-hybridized carbons (Fsp3) is 0.385. The van der Waals surface area contributed by atoms with Gasteiger partial charge in [-0.2, -0.15) is 4.98 Å². The Labute approximate surface area is 106 Å². The van der Waals surface area contributed by atoms with Crippen molar-refractivity contribution in [3.8, 4) is 0 Å². The lowest BCUT2D eigenvalue weighted by atomic mass is 10.1. The van der Waals surface area contributed by atoms with Gasteiger partial charge in [-0.25, -0.2) is 0 Å². The molecule has 5 nitrogen and oxygen atoms in total. The summed E-state index contributed by atoms with van der Waals surface area (Å²) in [7, 11) is 0. The van der Waals surface area contributed by atoms with Gasteiger partial charge in [0, 0.05) is 32.6 Å². The Balaban J connectivity index is 1.69. The summed E-state index contributed by atoms with van der Waals surface area (Å²) >= 11 is 0. The largest absolute Gasteiger partial charge is 0.337 e. The molecule has 5 heteroatoms. The van der Waals surface area contributed by atoms with Gasteiger partial charge in [0.25, 0.3) is 0 Å². The second-order valence-electron chi connectivity index (χ2n) is 4.48. The molecule has 2 N–H and O–H groups in total. The molecule has 0 radical (unpaired) electrons. The summed E-state index contributed by atoms with van der Waals surface area (Å²) in [6.07, 6.45) is 0.805. The van der Waals surface area contributed by atoms with Crippen molar-refractivity contribution in [2.45, 2.75) is 6.42 Å². The van der Waals surface area contributed by atoms with Gasteiger partial charge in [-0.15, -0.1) is 5.10 Å². The Morgan fingerprint density at radius 3 is 2.67 bits per heavy atom. The van der Waals surface area contributed by atoms with Gasteiger partial charge in [-0.3, -0.25) is 5.10 Å². The smallest absolute Gasteiger partial charge is 0.244 e. The molecular weight excluding hydrogens is 226 g/mol. The van der Waals surface area contributed by atoms with E-state index in [0.29, 0.717) is 0 Å². The molecule has 2 aromatic rings. The molecule has 2 heterocycles. The second kappa shape index (κ2) is 5.18. The maximum absolute atomic E-state index is 4.56. The molecule has 1 aromatic carbocycles. The number of H-pyrrole nitrogens is 1. The van der Waals surface area contributed by atoms with Gasteiger partial charge in [-0.05, 0) is 5.56 Å². The SMILES string of the molecule is c1ccc(Cc2nc(N3CCNCC3)n[nH]2)cc1. The number of piperazine rings is 1. The standard InChI is InChI=1S/C13H17N5/c1-2-4-11(5-3-1)10-12-15-13(17-16-12)18-8-6-14-7-9-18/h1-5,14H,6-10H2,(H,15,16,17). The van der Waals surface area contributed by atoms with E-state index in [1.54, 1.807) is 0 Å². The molecule has 18 heavy (non-hydrogen) atoms. The first kappa shape index (κ1) is 11.2. The third-order valence-electron chi connectivity index (χ3n) is 3.13. The van der Waals surface area contributed by atoms with E-state index in [-0.39, 0.29) is 0 Å². The van der Waals surface area contributed by atoms with Crippen molar-refractivity contribution in [1.82, 2.24) is 20.5 Å². The molecule has 0 atom stereocenters. The van der Waals surface area contributed by atoms with E-state index in [9.17, 15) is 0 Å². The van der Waals surface area contributed by atoms with Gasteiger partial charge < -0.3 is 10.2 Å². The van der Waals surface area contributed by atoms with Gasteiger partial charge in [0.1, 0.15) is 5.82 Å². The van der Waals surface area contributed by atoms with Crippen molar-refractivity contribution in [2.75, 3.05) is 31.1 Å². The van der Waals surface area contributed by atoms with Gasteiger partial charge in [0.2, 0.25) is 5.95 Å². The van der Waals surface area contributed by atoms with Gasteiger partial charge in [0.15, 0.2) is 0 Å². The minimum absolute atomic E-state index is 0.805. The number of rotatable bonds is 3. The normalized spacial score (nSPS) is 15.9. The minimum Gasteiger partial charge on any atom is -0.337 e. The molecular formula is C13H17N5. The van der Waals surface area contributed by atoms with Crippen LogP contribution in [0, 0.1) is 0 Å². The van der Waals surface area contributed by atoms with Gasteiger partial charge in [0.05, 0.1) is 0 Å². The molecule has 0 saturated carbocycles. The Morgan fingerprint density at radius 2 is 1.89 bits per heavy atom. The van der Waals surface area contributed by atoms with Crippen LogP contribution >= 0.6 is 0 Å². The summed E-state index contributed by atoms with van der Waals surface area (Å²) in [5, 5.41) is 10.7. The van der Waals surface area contributed by atoms with Crippen LogP contribution in [0.15, 0.2) is 30.3 Å². The fourth-order valence-corrected chi connectivity index (χ4v) is 2.16. The van der Waals surface area contributed by atoms with Crippen LogP contribution < -0.4 is 10.2 Å². The molecule has 1 aromatic heterocycles. The molecule has 0 aliphatic carbocycles. The first-order chi connectivity index (χ1) is 8.92. The summed E-state index contributed by atoms with van der Waals surface area (Å²) in [5.74, 6) is 1.75. The topological polar surface area (TPSA) is 56.8 Å². The highest BCUT2D eigenvalue weighted by Crippen LogP contribution is 2.10. The van der Waals surface area contributed by atoms with E-state index in [2.05, 4.69) is 37.5 Å². The summed E-state index contributed by atoms with van der Waals surface area (Å²) in [6.45, 7) is 3.95. The first-order valence-corrected chi connectivity index (χ1v) is 6.33. The van der Waals surface area contributed by atoms with Gasteiger partial charge in [-0.1, -0.05) is 30.3 Å². The maximum Gasteiger partial charge on any atom is 0.244 e. The van der Waals surface area contributed by atoms with Crippen molar-refractivity contribution in [1.29, 1.82) is 0 Å². The van der Waals surface area contributed by atoms with Crippen molar-refractivity contribution >= 4 is 5.95 Å². The molecule has 0 unspecified atom stereocenters. The van der Waals surface area contributed by atoms with Crippen LogP contribution in [0.1, 0.15) is 11.4 Å². The molecule has 1 aliphatic heterocycles. The quantitative estimate of drug-likeness (QED) is 0.837. The van der Waals surface area contributed by atoms with E-state index >= 15 is 0 Å². The highest BCUT2D eigenvalue weighted by molar-refractivity contribution is 5.30.